The number of hydrazone groups is 1. The molecule has 2 rings (SSSR count). The van der Waals surface area contributed by atoms with Crippen molar-refractivity contribution < 1.29 is 23.5 Å². The van der Waals surface area contributed by atoms with Crippen molar-refractivity contribution >= 4 is 18.3 Å². The van der Waals surface area contributed by atoms with E-state index in [2.05, 4.69) is 20.0 Å². The van der Waals surface area contributed by atoms with Crippen LogP contribution in [0, 0.1) is 0 Å². The molecule has 7 heteroatoms. The number of hydrogen-bond donors (Lipinski definition) is 1. The molecule has 0 atom stereocenters. The molecule has 0 fully saturated rings. The summed E-state index contributed by atoms with van der Waals surface area (Å²) in [4.78, 5) is 22.4. The summed E-state index contributed by atoms with van der Waals surface area (Å²) in [6.07, 6.45) is 0.734. The summed E-state index contributed by atoms with van der Waals surface area (Å²) >= 11 is 0. The first-order chi connectivity index (χ1) is 11.1. The van der Waals surface area contributed by atoms with E-state index < -0.39 is 12.1 Å². The van der Waals surface area contributed by atoms with Crippen molar-refractivity contribution in [2.75, 3.05) is 13.7 Å². The Labute approximate surface area is 132 Å². The normalized spacial score (nSPS) is 10.5. The maximum absolute atomic E-state index is 11.4. The van der Waals surface area contributed by atoms with Gasteiger partial charge in [0.2, 0.25) is 0 Å². The quantitative estimate of drug-likeness (QED) is 0.520. The van der Waals surface area contributed by atoms with Gasteiger partial charge in [-0.05, 0) is 31.2 Å². The molecule has 0 unspecified atom stereocenters. The lowest BCUT2D eigenvalue weighted by Gasteiger charge is -2.00. The molecule has 0 aliphatic carbocycles. The minimum atomic E-state index is -0.631. The molecule has 1 aromatic carbocycles. The van der Waals surface area contributed by atoms with Crippen LogP contribution in [0.15, 0.2) is 45.9 Å². The summed E-state index contributed by atoms with van der Waals surface area (Å²) in [5.41, 5.74) is 3.47. The summed E-state index contributed by atoms with van der Waals surface area (Å²) in [5.74, 6) is 0.682. The topological polar surface area (TPSA) is 90.1 Å². The largest absolute Gasteiger partial charge is 0.465 e. The zero-order valence-corrected chi connectivity index (χ0v) is 12.7. The van der Waals surface area contributed by atoms with Crippen LogP contribution in [0.5, 0.6) is 0 Å². The van der Waals surface area contributed by atoms with Gasteiger partial charge in [-0.3, -0.25) is 0 Å². The van der Waals surface area contributed by atoms with Crippen LogP contribution in [-0.2, 0) is 9.47 Å². The highest BCUT2D eigenvalue weighted by Gasteiger charge is 2.07. The second-order valence-electron chi connectivity index (χ2n) is 4.36. The van der Waals surface area contributed by atoms with E-state index in [0.29, 0.717) is 17.1 Å². The Hall–Kier alpha value is -3.09. The van der Waals surface area contributed by atoms with Crippen molar-refractivity contribution in [2.24, 2.45) is 5.10 Å². The van der Waals surface area contributed by atoms with Gasteiger partial charge in [-0.25, -0.2) is 15.0 Å². The Morgan fingerprint density at radius 3 is 2.61 bits per heavy atom. The van der Waals surface area contributed by atoms with Crippen LogP contribution < -0.4 is 5.43 Å². The van der Waals surface area contributed by atoms with Crippen molar-refractivity contribution in [2.45, 2.75) is 6.92 Å². The Balaban J connectivity index is 2.03. The monoisotopic (exact) mass is 316 g/mol. The fraction of sp³-hybridized carbons (Fsp3) is 0.188. The molecule has 0 aliphatic heterocycles. The zero-order chi connectivity index (χ0) is 16.7. The molecule has 0 saturated heterocycles. The molecule has 1 amide bonds. The van der Waals surface area contributed by atoms with Gasteiger partial charge in [0.25, 0.3) is 0 Å². The SMILES string of the molecule is CCOC(=O)NN=Cc1ccc(-c2ccc(C(=O)OC)cc2)o1. The van der Waals surface area contributed by atoms with Crippen molar-refractivity contribution in [3.8, 4) is 11.3 Å². The fourth-order valence-electron chi connectivity index (χ4n) is 1.78. The molecule has 0 aliphatic rings. The van der Waals surface area contributed by atoms with Gasteiger partial charge < -0.3 is 13.9 Å². The Kier molecular flexibility index (Phi) is 5.51. The summed E-state index contributed by atoms with van der Waals surface area (Å²) in [6.45, 7) is 1.97. The number of esters is 1. The Bertz CT molecular complexity index is 704. The lowest BCUT2D eigenvalue weighted by Crippen LogP contribution is -2.18. The highest BCUT2D eigenvalue weighted by Crippen LogP contribution is 2.22. The standard InChI is InChI=1S/C16H16N2O5/c1-3-22-16(20)18-17-10-13-8-9-14(23-13)11-4-6-12(7-5-11)15(19)21-2/h4-10H,3H2,1-2H3,(H,18,20). The number of ether oxygens (including phenoxy) is 2. The number of carbonyl (C=O) groups is 2. The number of amides is 1. The van der Waals surface area contributed by atoms with Crippen molar-refractivity contribution in [3.05, 3.63) is 47.7 Å². The third-order valence-electron chi connectivity index (χ3n) is 2.84. The molecular formula is C16H16N2O5. The summed E-state index contributed by atoms with van der Waals surface area (Å²) in [5, 5.41) is 3.71. The molecule has 1 heterocycles. The van der Waals surface area contributed by atoms with Crippen LogP contribution in [0.4, 0.5) is 4.79 Å². The second kappa shape index (κ2) is 7.79. The first kappa shape index (κ1) is 16.3. The van der Waals surface area contributed by atoms with E-state index in [-0.39, 0.29) is 6.61 Å². The maximum Gasteiger partial charge on any atom is 0.427 e. The first-order valence-corrected chi connectivity index (χ1v) is 6.88. The molecular weight excluding hydrogens is 300 g/mol. The Morgan fingerprint density at radius 1 is 1.22 bits per heavy atom. The molecule has 120 valence electrons. The lowest BCUT2D eigenvalue weighted by atomic mass is 10.1. The number of nitrogens with zero attached hydrogens (tertiary/aromatic N) is 1. The number of rotatable bonds is 5. The predicted molar refractivity (Wildman–Crippen MR) is 83.2 cm³/mol. The number of hydrogen-bond acceptors (Lipinski definition) is 6. The van der Waals surface area contributed by atoms with Crippen LogP contribution in [-0.4, -0.2) is 32.0 Å². The molecule has 1 N–H and O–H groups in total. The van der Waals surface area contributed by atoms with Gasteiger partial charge in [0.1, 0.15) is 11.5 Å². The van der Waals surface area contributed by atoms with Gasteiger partial charge in [0.15, 0.2) is 0 Å². The van der Waals surface area contributed by atoms with Crippen molar-refractivity contribution in [1.82, 2.24) is 5.43 Å². The van der Waals surface area contributed by atoms with E-state index in [0.717, 1.165) is 5.56 Å². The molecule has 1 aromatic heterocycles. The van der Waals surface area contributed by atoms with Crippen molar-refractivity contribution in [1.29, 1.82) is 0 Å². The molecule has 0 radical (unpaired) electrons. The lowest BCUT2D eigenvalue weighted by molar-refractivity contribution is 0.0600. The van der Waals surface area contributed by atoms with E-state index in [4.69, 9.17) is 4.42 Å². The molecule has 7 nitrogen and oxygen atoms in total. The fourth-order valence-corrected chi connectivity index (χ4v) is 1.78. The van der Waals surface area contributed by atoms with Crippen LogP contribution in [0.2, 0.25) is 0 Å². The number of nitrogens with one attached hydrogen (secondary N) is 1. The van der Waals surface area contributed by atoms with Crippen LogP contribution >= 0.6 is 0 Å². The maximum atomic E-state index is 11.4. The van der Waals surface area contributed by atoms with Gasteiger partial charge in [0, 0.05) is 5.56 Å². The van der Waals surface area contributed by atoms with E-state index in [9.17, 15) is 9.59 Å². The molecule has 0 bridgehead atoms. The molecule has 0 saturated carbocycles. The van der Waals surface area contributed by atoms with Crippen LogP contribution in [0.25, 0.3) is 11.3 Å². The Morgan fingerprint density at radius 2 is 1.96 bits per heavy atom. The first-order valence-electron chi connectivity index (χ1n) is 6.88. The van der Waals surface area contributed by atoms with E-state index in [1.165, 1.54) is 13.3 Å². The number of methoxy groups -OCH3 is 1. The van der Waals surface area contributed by atoms with Crippen molar-refractivity contribution in [3.63, 3.8) is 0 Å². The average molecular weight is 316 g/mol. The van der Waals surface area contributed by atoms with E-state index >= 15 is 0 Å². The minimum absolute atomic E-state index is 0.272. The van der Waals surface area contributed by atoms with Crippen LogP contribution in [0.1, 0.15) is 23.0 Å². The van der Waals surface area contributed by atoms with Gasteiger partial charge in [-0.2, -0.15) is 5.10 Å². The summed E-state index contributed by atoms with van der Waals surface area (Å²) in [7, 11) is 1.33. The third-order valence-corrected chi connectivity index (χ3v) is 2.84. The highest BCUT2D eigenvalue weighted by molar-refractivity contribution is 5.89. The highest BCUT2D eigenvalue weighted by atomic mass is 16.5. The molecule has 23 heavy (non-hydrogen) atoms. The van der Waals surface area contributed by atoms with Gasteiger partial charge in [0.05, 0.1) is 25.5 Å². The smallest absolute Gasteiger partial charge is 0.427 e. The van der Waals surface area contributed by atoms with Gasteiger partial charge in [-0.15, -0.1) is 0 Å². The van der Waals surface area contributed by atoms with E-state index in [1.807, 2.05) is 0 Å². The number of furan rings is 1. The summed E-state index contributed by atoms with van der Waals surface area (Å²) < 4.78 is 14.9. The van der Waals surface area contributed by atoms with Gasteiger partial charge >= 0.3 is 12.1 Å². The number of carbonyl (C=O) groups excluding carboxylic acids is 2. The zero-order valence-electron chi connectivity index (χ0n) is 12.7. The predicted octanol–water partition coefficient (Wildman–Crippen LogP) is 2.81. The van der Waals surface area contributed by atoms with E-state index in [1.54, 1.807) is 43.3 Å². The molecule has 2 aromatic rings. The second-order valence-corrected chi connectivity index (χ2v) is 4.36. The number of benzene rings is 1. The van der Waals surface area contributed by atoms with Gasteiger partial charge in [-0.1, -0.05) is 12.1 Å². The average Bonchev–Trinajstić information content (AvgIpc) is 3.03. The van der Waals surface area contributed by atoms with Crippen LogP contribution in [0.3, 0.4) is 0 Å². The summed E-state index contributed by atoms with van der Waals surface area (Å²) in [6, 6.07) is 10.3. The minimum Gasteiger partial charge on any atom is -0.465 e. The molecule has 0 spiro atoms. The third kappa shape index (κ3) is 4.44.